The van der Waals surface area contributed by atoms with Gasteiger partial charge < -0.3 is 9.16 Å². The molecular weight excluding hydrogens is 458 g/mol. The van der Waals surface area contributed by atoms with E-state index in [1.54, 1.807) is 6.07 Å². The number of carbonyl (C=O) groups excluding carboxylic acids is 1. The van der Waals surface area contributed by atoms with Crippen LogP contribution < -0.4 is 15.1 Å². The molecule has 1 aromatic heterocycles. The first kappa shape index (κ1) is 22.4. The van der Waals surface area contributed by atoms with Gasteiger partial charge in [-0.2, -0.15) is 0 Å². The average molecular weight is 483 g/mol. The SMILES string of the molecule is COc1c(C=O)cc(C(O[Si](c2ccccc2)c2ccccc2)C(C)(C)C)nc1Br. The Morgan fingerprint density at radius 3 is 1.97 bits per heavy atom. The normalized spacial score (nSPS) is 12.6. The smallest absolute Gasteiger partial charge is 0.283 e. The Morgan fingerprint density at radius 1 is 1.00 bits per heavy atom. The highest BCUT2D eigenvalue weighted by Gasteiger charge is 2.34. The molecule has 1 radical (unpaired) electrons. The van der Waals surface area contributed by atoms with Crippen LogP contribution in [0.2, 0.25) is 0 Å². The maximum Gasteiger partial charge on any atom is 0.283 e. The van der Waals surface area contributed by atoms with Crippen molar-refractivity contribution >= 4 is 41.6 Å². The lowest BCUT2D eigenvalue weighted by Gasteiger charge is -2.34. The van der Waals surface area contributed by atoms with Gasteiger partial charge in [0.1, 0.15) is 4.60 Å². The number of carbonyl (C=O) groups is 1. The zero-order chi connectivity index (χ0) is 21.7. The number of nitrogens with zero attached hydrogens (tertiary/aromatic N) is 1. The predicted molar refractivity (Wildman–Crippen MR) is 125 cm³/mol. The van der Waals surface area contributed by atoms with Crippen molar-refractivity contribution in [2.45, 2.75) is 26.9 Å². The first-order valence-corrected chi connectivity index (χ1v) is 11.9. The van der Waals surface area contributed by atoms with Gasteiger partial charge in [-0.3, -0.25) is 4.79 Å². The van der Waals surface area contributed by atoms with E-state index in [2.05, 4.69) is 66.0 Å². The molecule has 0 aliphatic carbocycles. The van der Waals surface area contributed by atoms with Crippen LogP contribution in [0.15, 0.2) is 71.3 Å². The van der Waals surface area contributed by atoms with Crippen molar-refractivity contribution in [1.82, 2.24) is 4.98 Å². The molecule has 0 aliphatic heterocycles. The number of rotatable bonds is 7. The van der Waals surface area contributed by atoms with E-state index >= 15 is 0 Å². The monoisotopic (exact) mass is 482 g/mol. The fourth-order valence-corrected chi connectivity index (χ4v) is 6.15. The Bertz CT molecular complexity index is 951. The molecule has 1 unspecified atom stereocenters. The lowest BCUT2D eigenvalue weighted by atomic mass is 9.86. The fraction of sp³-hybridized carbons (Fsp3) is 0.250. The molecule has 6 heteroatoms. The van der Waals surface area contributed by atoms with E-state index in [-0.39, 0.29) is 11.5 Å². The molecule has 0 saturated carbocycles. The van der Waals surface area contributed by atoms with E-state index in [9.17, 15) is 4.79 Å². The van der Waals surface area contributed by atoms with Gasteiger partial charge in [0.2, 0.25) is 0 Å². The standard InChI is InChI=1S/C24H25BrNO3Si/c1-24(2,3)22(20-15-17(16-27)21(28-4)23(25)26-20)29-30(18-11-7-5-8-12-18)19-13-9-6-10-14-19/h5-16,22H,1-4H3. The van der Waals surface area contributed by atoms with Crippen LogP contribution in [0, 0.1) is 5.41 Å². The first-order chi connectivity index (χ1) is 14.3. The first-order valence-electron chi connectivity index (χ1n) is 9.69. The average Bonchev–Trinajstić information content (AvgIpc) is 2.74. The third-order valence-corrected chi connectivity index (χ3v) is 7.40. The second kappa shape index (κ2) is 9.68. The molecule has 1 heterocycles. The summed E-state index contributed by atoms with van der Waals surface area (Å²) in [6, 6.07) is 22.3. The summed E-state index contributed by atoms with van der Waals surface area (Å²) in [7, 11) is -0.0243. The van der Waals surface area contributed by atoms with Crippen LogP contribution in [-0.2, 0) is 4.43 Å². The van der Waals surface area contributed by atoms with Crippen molar-refractivity contribution in [3.8, 4) is 5.75 Å². The maximum atomic E-state index is 11.7. The van der Waals surface area contributed by atoms with Crippen LogP contribution in [0.3, 0.4) is 0 Å². The van der Waals surface area contributed by atoms with Crippen LogP contribution in [0.5, 0.6) is 5.75 Å². The number of halogens is 1. The molecule has 1 atom stereocenters. The largest absolute Gasteiger partial charge is 0.493 e. The number of benzene rings is 2. The molecule has 0 spiro atoms. The summed E-state index contributed by atoms with van der Waals surface area (Å²) in [5, 5.41) is 2.32. The summed E-state index contributed by atoms with van der Waals surface area (Å²) >= 11 is 3.45. The minimum atomic E-state index is -1.55. The van der Waals surface area contributed by atoms with E-state index in [0.717, 1.165) is 16.7 Å². The number of aldehydes is 1. The topological polar surface area (TPSA) is 48.4 Å². The third kappa shape index (κ3) is 5.06. The van der Waals surface area contributed by atoms with E-state index in [1.807, 2.05) is 36.4 Å². The second-order valence-corrected chi connectivity index (χ2v) is 10.8. The lowest BCUT2D eigenvalue weighted by Crippen LogP contribution is -2.47. The van der Waals surface area contributed by atoms with Crippen LogP contribution >= 0.6 is 15.9 Å². The van der Waals surface area contributed by atoms with Crippen molar-refractivity contribution in [3.05, 3.63) is 82.6 Å². The molecule has 30 heavy (non-hydrogen) atoms. The number of hydrogen-bond acceptors (Lipinski definition) is 4. The summed E-state index contributed by atoms with van der Waals surface area (Å²) in [6.07, 6.45) is 0.460. The molecule has 0 bridgehead atoms. The van der Waals surface area contributed by atoms with Crippen molar-refractivity contribution < 1.29 is 14.0 Å². The van der Waals surface area contributed by atoms with Gasteiger partial charge in [-0.1, -0.05) is 81.4 Å². The molecule has 4 nitrogen and oxygen atoms in total. The third-order valence-electron chi connectivity index (χ3n) is 4.67. The highest BCUT2D eigenvalue weighted by Crippen LogP contribution is 2.38. The van der Waals surface area contributed by atoms with Gasteiger partial charge >= 0.3 is 0 Å². The predicted octanol–water partition coefficient (Wildman–Crippen LogP) is 4.57. The van der Waals surface area contributed by atoms with Gasteiger partial charge in [0.15, 0.2) is 12.0 Å². The van der Waals surface area contributed by atoms with Crippen molar-refractivity contribution in [1.29, 1.82) is 0 Å². The highest BCUT2D eigenvalue weighted by atomic mass is 79.9. The van der Waals surface area contributed by atoms with Gasteiger partial charge in [0.05, 0.1) is 24.5 Å². The van der Waals surface area contributed by atoms with E-state index in [1.165, 1.54) is 7.11 Å². The molecule has 2 aromatic carbocycles. The summed E-state index contributed by atoms with van der Waals surface area (Å²) < 4.78 is 12.7. The van der Waals surface area contributed by atoms with Crippen LogP contribution in [-0.4, -0.2) is 27.4 Å². The molecule has 0 fully saturated rings. The number of pyridine rings is 1. The van der Waals surface area contributed by atoms with Gasteiger partial charge in [0.25, 0.3) is 9.04 Å². The Morgan fingerprint density at radius 2 is 1.53 bits per heavy atom. The molecule has 3 aromatic rings. The quantitative estimate of drug-likeness (QED) is 0.281. The minimum Gasteiger partial charge on any atom is -0.493 e. The van der Waals surface area contributed by atoms with Crippen LogP contribution in [0.1, 0.15) is 42.9 Å². The molecule has 0 amide bonds. The van der Waals surface area contributed by atoms with Gasteiger partial charge in [-0.05, 0) is 37.8 Å². The Hall–Kier alpha value is -2.28. The molecule has 0 N–H and O–H groups in total. The van der Waals surface area contributed by atoms with Crippen molar-refractivity contribution in [2.24, 2.45) is 5.41 Å². The Kier molecular flexibility index (Phi) is 7.23. The van der Waals surface area contributed by atoms with Gasteiger partial charge in [0, 0.05) is 0 Å². The second-order valence-electron chi connectivity index (χ2n) is 8.00. The fourth-order valence-electron chi connectivity index (χ4n) is 3.24. The summed E-state index contributed by atoms with van der Waals surface area (Å²) in [5.74, 6) is 0.429. The number of aromatic nitrogens is 1. The van der Waals surface area contributed by atoms with Crippen LogP contribution in [0.25, 0.3) is 0 Å². The summed E-state index contributed by atoms with van der Waals surface area (Å²) in [4.78, 5) is 16.3. The van der Waals surface area contributed by atoms with Crippen molar-refractivity contribution in [2.75, 3.05) is 7.11 Å². The molecule has 0 saturated heterocycles. The van der Waals surface area contributed by atoms with Gasteiger partial charge in [-0.25, -0.2) is 4.98 Å². The van der Waals surface area contributed by atoms with Gasteiger partial charge in [-0.15, -0.1) is 0 Å². The molecular formula is C24H25BrNO3Si. The van der Waals surface area contributed by atoms with Crippen molar-refractivity contribution in [3.63, 3.8) is 0 Å². The highest BCUT2D eigenvalue weighted by molar-refractivity contribution is 9.10. The number of ether oxygens (including phenoxy) is 1. The maximum absolute atomic E-state index is 11.7. The molecule has 155 valence electrons. The van der Waals surface area contributed by atoms with Crippen LogP contribution in [0.4, 0.5) is 0 Å². The Balaban J connectivity index is 2.10. The number of hydrogen-bond donors (Lipinski definition) is 0. The summed E-state index contributed by atoms with van der Waals surface area (Å²) in [6.45, 7) is 6.36. The lowest BCUT2D eigenvalue weighted by molar-refractivity contribution is 0.0853. The van der Waals surface area contributed by atoms with E-state index in [4.69, 9.17) is 9.16 Å². The number of methoxy groups -OCH3 is 1. The summed E-state index contributed by atoms with van der Waals surface area (Å²) in [5.41, 5.74) is 0.896. The zero-order valence-electron chi connectivity index (χ0n) is 17.6. The molecule has 0 aliphatic rings. The van der Waals surface area contributed by atoms with E-state index < -0.39 is 9.04 Å². The minimum absolute atomic E-state index is 0.249. The molecule has 3 rings (SSSR count). The van der Waals surface area contributed by atoms with E-state index in [0.29, 0.717) is 21.6 Å². The Labute approximate surface area is 188 Å². The zero-order valence-corrected chi connectivity index (χ0v) is 20.1.